The van der Waals surface area contributed by atoms with Gasteiger partial charge in [0.2, 0.25) is 0 Å². The number of carbonyl (C=O) groups is 1. The quantitative estimate of drug-likeness (QED) is 0.859. The van der Waals surface area contributed by atoms with Crippen molar-refractivity contribution in [3.05, 3.63) is 52.0 Å². The van der Waals surface area contributed by atoms with E-state index in [-0.39, 0.29) is 16.2 Å². The van der Waals surface area contributed by atoms with Gasteiger partial charge in [0.25, 0.3) is 5.91 Å². The number of aryl methyl sites for hydroxylation is 1. The molecule has 2 aromatic rings. The number of amides is 1. The van der Waals surface area contributed by atoms with E-state index in [2.05, 4.69) is 15.3 Å². The summed E-state index contributed by atoms with van der Waals surface area (Å²) >= 11 is 11.7. The first kappa shape index (κ1) is 12.8. The molecule has 0 spiro atoms. The Hall–Kier alpha value is -1.65. The molecule has 0 aromatic carbocycles. The van der Waals surface area contributed by atoms with E-state index in [1.54, 1.807) is 31.3 Å². The Morgan fingerprint density at radius 3 is 2.78 bits per heavy atom. The first-order valence-corrected chi connectivity index (χ1v) is 5.87. The van der Waals surface area contributed by atoms with Crippen LogP contribution in [0.5, 0.6) is 0 Å². The summed E-state index contributed by atoms with van der Waals surface area (Å²) in [5.41, 5.74) is 1.65. The SMILES string of the molecule is Cc1cc(Cl)nc(Cl)c1NC(=O)c1cccnc1. The fraction of sp³-hybridized carbons (Fsp3) is 0.0833. The van der Waals surface area contributed by atoms with E-state index in [1.165, 1.54) is 6.20 Å². The molecule has 0 radical (unpaired) electrons. The van der Waals surface area contributed by atoms with Crippen LogP contribution in [0.2, 0.25) is 10.3 Å². The van der Waals surface area contributed by atoms with Gasteiger partial charge in [0.15, 0.2) is 5.15 Å². The molecule has 6 heteroatoms. The van der Waals surface area contributed by atoms with Crippen LogP contribution in [0.25, 0.3) is 0 Å². The lowest BCUT2D eigenvalue weighted by Gasteiger charge is -2.09. The van der Waals surface area contributed by atoms with Crippen molar-refractivity contribution >= 4 is 34.8 Å². The number of hydrogen-bond acceptors (Lipinski definition) is 3. The van der Waals surface area contributed by atoms with Gasteiger partial charge in [-0.3, -0.25) is 9.78 Å². The second-order valence-corrected chi connectivity index (χ2v) is 4.37. The maximum absolute atomic E-state index is 11.9. The number of carbonyl (C=O) groups excluding carboxylic acids is 1. The Morgan fingerprint density at radius 2 is 2.17 bits per heavy atom. The average molecular weight is 282 g/mol. The predicted octanol–water partition coefficient (Wildman–Crippen LogP) is 3.34. The van der Waals surface area contributed by atoms with Crippen LogP contribution >= 0.6 is 23.2 Å². The molecule has 92 valence electrons. The highest BCUT2D eigenvalue weighted by atomic mass is 35.5. The first-order valence-electron chi connectivity index (χ1n) is 5.12. The first-order chi connectivity index (χ1) is 8.58. The molecule has 2 aromatic heterocycles. The molecule has 0 saturated heterocycles. The third kappa shape index (κ3) is 2.78. The van der Waals surface area contributed by atoms with Gasteiger partial charge in [-0.05, 0) is 30.7 Å². The van der Waals surface area contributed by atoms with Crippen molar-refractivity contribution < 1.29 is 4.79 Å². The molecular weight excluding hydrogens is 273 g/mol. The zero-order valence-electron chi connectivity index (χ0n) is 9.45. The number of nitrogens with one attached hydrogen (secondary N) is 1. The highest BCUT2D eigenvalue weighted by Crippen LogP contribution is 2.26. The van der Waals surface area contributed by atoms with Crippen molar-refractivity contribution in [1.29, 1.82) is 0 Å². The number of rotatable bonds is 2. The van der Waals surface area contributed by atoms with Gasteiger partial charge in [-0.25, -0.2) is 4.98 Å². The summed E-state index contributed by atoms with van der Waals surface area (Å²) in [6.07, 6.45) is 3.07. The van der Waals surface area contributed by atoms with Crippen LogP contribution in [-0.2, 0) is 0 Å². The normalized spacial score (nSPS) is 10.2. The second kappa shape index (κ2) is 5.33. The average Bonchev–Trinajstić information content (AvgIpc) is 2.34. The Balaban J connectivity index is 2.28. The molecule has 0 unspecified atom stereocenters. The van der Waals surface area contributed by atoms with Crippen LogP contribution in [0, 0.1) is 6.92 Å². The Bertz CT molecular complexity index is 564. The summed E-state index contributed by atoms with van der Waals surface area (Å²) in [6, 6.07) is 4.98. The van der Waals surface area contributed by atoms with Crippen LogP contribution in [0.3, 0.4) is 0 Å². The summed E-state index contributed by atoms with van der Waals surface area (Å²) in [4.78, 5) is 19.7. The van der Waals surface area contributed by atoms with E-state index < -0.39 is 0 Å². The lowest BCUT2D eigenvalue weighted by molar-refractivity contribution is 0.102. The number of anilines is 1. The third-order valence-corrected chi connectivity index (χ3v) is 2.77. The Kier molecular flexibility index (Phi) is 3.79. The van der Waals surface area contributed by atoms with Gasteiger partial charge >= 0.3 is 0 Å². The molecule has 4 nitrogen and oxygen atoms in total. The van der Waals surface area contributed by atoms with Crippen LogP contribution < -0.4 is 5.32 Å². The van der Waals surface area contributed by atoms with Gasteiger partial charge in [-0.2, -0.15) is 0 Å². The highest BCUT2D eigenvalue weighted by Gasteiger charge is 2.12. The second-order valence-electron chi connectivity index (χ2n) is 3.62. The Labute approximate surface area is 114 Å². The van der Waals surface area contributed by atoms with Crippen molar-refractivity contribution in [2.45, 2.75) is 6.92 Å². The molecule has 1 N–H and O–H groups in total. The number of pyridine rings is 2. The van der Waals surface area contributed by atoms with E-state index in [0.717, 1.165) is 5.56 Å². The largest absolute Gasteiger partial charge is 0.319 e. The summed E-state index contributed by atoms with van der Waals surface area (Å²) in [6.45, 7) is 1.79. The fourth-order valence-corrected chi connectivity index (χ4v) is 2.01. The van der Waals surface area contributed by atoms with Crippen molar-refractivity contribution in [3.63, 3.8) is 0 Å². The summed E-state index contributed by atoms with van der Waals surface area (Å²) in [7, 11) is 0. The molecule has 0 fully saturated rings. The number of aromatic nitrogens is 2. The minimum absolute atomic E-state index is 0.164. The van der Waals surface area contributed by atoms with Crippen LogP contribution in [0.4, 0.5) is 5.69 Å². The van der Waals surface area contributed by atoms with Crippen molar-refractivity contribution in [2.24, 2.45) is 0 Å². The lowest BCUT2D eigenvalue weighted by Crippen LogP contribution is -2.13. The van der Waals surface area contributed by atoms with E-state index in [9.17, 15) is 4.79 Å². The van der Waals surface area contributed by atoms with Gasteiger partial charge in [-0.1, -0.05) is 23.2 Å². The molecular formula is C12H9Cl2N3O. The number of hydrogen-bond donors (Lipinski definition) is 1. The van der Waals surface area contributed by atoms with Gasteiger partial charge in [0.1, 0.15) is 5.15 Å². The summed E-state index contributed by atoms with van der Waals surface area (Å²) in [5.74, 6) is -0.294. The van der Waals surface area contributed by atoms with Gasteiger partial charge in [0.05, 0.1) is 11.3 Å². The molecule has 0 aliphatic rings. The number of nitrogens with zero attached hydrogens (tertiary/aromatic N) is 2. The smallest absolute Gasteiger partial charge is 0.257 e. The van der Waals surface area contributed by atoms with Crippen molar-refractivity contribution in [1.82, 2.24) is 9.97 Å². The lowest BCUT2D eigenvalue weighted by atomic mass is 10.2. The van der Waals surface area contributed by atoms with E-state index in [0.29, 0.717) is 11.3 Å². The molecule has 18 heavy (non-hydrogen) atoms. The molecule has 0 saturated carbocycles. The zero-order chi connectivity index (χ0) is 13.1. The predicted molar refractivity (Wildman–Crippen MR) is 71.2 cm³/mol. The Morgan fingerprint density at radius 1 is 1.39 bits per heavy atom. The number of halogens is 2. The summed E-state index contributed by atoms with van der Waals surface area (Å²) < 4.78 is 0. The van der Waals surface area contributed by atoms with Gasteiger partial charge in [0, 0.05) is 12.4 Å². The monoisotopic (exact) mass is 281 g/mol. The molecule has 0 aliphatic heterocycles. The maximum Gasteiger partial charge on any atom is 0.257 e. The highest BCUT2D eigenvalue weighted by molar-refractivity contribution is 6.35. The molecule has 0 atom stereocenters. The van der Waals surface area contributed by atoms with E-state index >= 15 is 0 Å². The molecule has 0 aliphatic carbocycles. The minimum Gasteiger partial charge on any atom is -0.319 e. The zero-order valence-corrected chi connectivity index (χ0v) is 11.0. The molecule has 2 heterocycles. The molecule has 2 rings (SSSR count). The molecule has 0 bridgehead atoms. The van der Waals surface area contributed by atoms with Crippen LogP contribution in [0.1, 0.15) is 15.9 Å². The fourth-order valence-electron chi connectivity index (χ4n) is 1.43. The van der Waals surface area contributed by atoms with Crippen LogP contribution in [-0.4, -0.2) is 15.9 Å². The van der Waals surface area contributed by atoms with E-state index in [4.69, 9.17) is 23.2 Å². The topological polar surface area (TPSA) is 54.9 Å². The van der Waals surface area contributed by atoms with Gasteiger partial charge in [-0.15, -0.1) is 0 Å². The third-order valence-electron chi connectivity index (χ3n) is 2.30. The standard InChI is InChI=1S/C12H9Cl2N3O/c1-7-5-9(13)16-11(14)10(7)17-12(18)8-3-2-4-15-6-8/h2-6H,1H3,(H,17,18). The van der Waals surface area contributed by atoms with Crippen molar-refractivity contribution in [3.8, 4) is 0 Å². The summed E-state index contributed by atoms with van der Waals surface area (Å²) in [5, 5.41) is 3.14. The molecule has 1 amide bonds. The van der Waals surface area contributed by atoms with E-state index in [1.807, 2.05) is 0 Å². The van der Waals surface area contributed by atoms with Crippen LogP contribution in [0.15, 0.2) is 30.6 Å². The van der Waals surface area contributed by atoms with Gasteiger partial charge < -0.3 is 5.32 Å². The van der Waals surface area contributed by atoms with Crippen molar-refractivity contribution in [2.75, 3.05) is 5.32 Å². The maximum atomic E-state index is 11.9. The minimum atomic E-state index is -0.294.